The minimum atomic E-state index is -0.352. The van der Waals surface area contributed by atoms with Gasteiger partial charge in [0.2, 0.25) is 0 Å². The van der Waals surface area contributed by atoms with Gasteiger partial charge in [-0.25, -0.2) is 5.43 Å². The molecule has 0 aliphatic rings. The highest BCUT2D eigenvalue weighted by molar-refractivity contribution is 6.35. The van der Waals surface area contributed by atoms with E-state index in [-0.39, 0.29) is 12.5 Å². The molecule has 1 N–H and O–H groups in total. The van der Waals surface area contributed by atoms with Crippen molar-refractivity contribution in [2.75, 3.05) is 0 Å². The number of nitrogens with one attached hydrogen (secondary N) is 1. The molecule has 148 valence electrons. The van der Waals surface area contributed by atoms with Crippen molar-refractivity contribution in [3.8, 4) is 5.75 Å². The summed E-state index contributed by atoms with van der Waals surface area (Å²) in [6, 6.07) is 17.7. The summed E-state index contributed by atoms with van der Waals surface area (Å²) in [5, 5.41) is 5.65. The number of carbonyl (C=O) groups is 1. The summed E-state index contributed by atoms with van der Waals surface area (Å²) in [6.07, 6.45) is 1.52. The van der Waals surface area contributed by atoms with Crippen LogP contribution in [0.1, 0.15) is 27.0 Å². The molecular weight excluding hydrogens is 431 g/mol. The number of amides is 1. The first-order chi connectivity index (χ1) is 13.9. The average Bonchev–Trinajstić information content (AvgIpc) is 2.70. The maximum Gasteiger partial charge on any atom is 0.271 e. The molecule has 0 aliphatic carbocycles. The summed E-state index contributed by atoms with van der Waals surface area (Å²) < 4.78 is 5.87. The van der Waals surface area contributed by atoms with E-state index in [0.29, 0.717) is 31.9 Å². The Balaban J connectivity index is 1.66. The Hall–Kier alpha value is -2.53. The fourth-order valence-electron chi connectivity index (χ4n) is 2.47. The Bertz CT molecular complexity index is 1070. The zero-order valence-corrected chi connectivity index (χ0v) is 17.7. The van der Waals surface area contributed by atoms with Crippen LogP contribution in [0.15, 0.2) is 65.8 Å². The highest BCUT2D eigenvalue weighted by atomic mass is 35.5. The second-order valence-electron chi connectivity index (χ2n) is 6.23. The lowest BCUT2D eigenvalue weighted by molar-refractivity contribution is 0.0955. The summed E-state index contributed by atoms with van der Waals surface area (Å²) >= 11 is 18.2. The Labute approximate surface area is 184 Å². The number of rotatable bonds is 6. The minimum Gasteiger partial charge on any atom is -0.488 e. The van der Waals surface area contributed by atoms with Gasteiger partial charge in [0.25, 0.3) is 5.91 Å². The van der Waals surface area contributed by atoms with Crippen LogP contribution < -0.4 is 10.2 Å². The van der Waals surface area contributed by atoms with Gasteiger partial charge in [-0.1, -0.05) is 59.1 Å². The third-order valence-electron chi connectivity index (χ3n) is 4.12. The molecule has 29 heavy (non-hydrogen) atoms. The van der Waals surface area contributed by atoms with Gasteiger partial charge in [0.15, 0.2) is 0 Å². The third-order valence-corrected chi connectivity index (χ3v) is 5.12. The lowest BCUT2D eigenvalue weighted by Crippen LogP contribution is -2.17. The largest absolute Gasteiger partial charge is 0.488 e. The van der Waals surface area contributed by atoms with Gasteiger partial charge >= 0.3 is 0 Å². The standard InChI is InChI=1S/C22H17Cl3N2O2/c1-14-6-7-15(10-19(14)24)22(28)27-26-12-16-4-2-3-5-21(16)29-13-17-8-9-18(23)11-20(17)25/h2-12H,13H2,1H3,(H,27,28)/b26-12-. The molecule has 0 saturated carbocycles. The number of halogens is 3. The number of hydrogen-bond donors (Lipinski definition) is 1. The van der Waals surface area contributed by atoms with Gasteiger partial charge in [-0.15, -0.1) is 0 Å². The van der Waals surface area contributed by atoms with Crippen LogP contribution >= 0.6 is 34.8 Å². The van der Waals surface area contributed by atoms with E-state index < -0.39 is 0 Å². The second kappa shape index (κ2) is 9.79. The fourth-order valence-corrected chi connectivity index (χ4v) is 3.12. The molecule has 3 aromatic carbocycles. The van der Waals surface area contributed by atoms with Gasteiger partial charge in [-0.3, -0.25) is 4.79 Å². The molecule has 0 fully saturated rings. The van der Waals surface area contributed by atoms with E-state index >= 15 is 0 Å². The Kier molecular flexibility index (Phi) is 7.15. The first kappa shape index (κ1) is 21.2. The van der Waals surface area contributed by atoms with E-state index in [4.69, 9.17) is 39.5 Å². The molecule has 3 rings (SSSR count). The number of hydrogen-bond acceptors (Lipinski definition) is 3. The zero-order chi connectivity index (χ0) is 20.8. The van der Waals surface area contributed by atoms with E-state index in [1.807, 2.05) is 37.3 Å². The van der Waals surface area contributed by atoms with Crippen LogP contribution in [0.5, 0.6) is 5.75 Å². The normalized spacial score (nSPS) is 10.9. The molecule has 1 amide bonds. The van der Waals surface area contributed by atoms with Crippen LogP contribution in [-0.4, -0.2) is 12.1 Å². The van der Waals surface area contributed by atoms with Gasteiger partial charge in [-0.05, 0) is 48.9 Å². The van der Waals surface area contributed by atoms with E-state index in [0.717, 1.165) is 11.1 Å². The average molecular weight is 448 g/mol. The number of carbonyl (C=O) groups excluding carboxylic acids is 1. The van der Waals surface area contributed by atoms with E-state index in [1.54, 1.807) is 30.3 Å². The predicted molar refractivity (Wildman–Crippen MR) is 118 cm³/mol. The molecule has 0 unspecified atom stereocenters. The lowest BCUT2D eigenvalue weighted by Gasteiger charge is -2.10. The van der Waals surface area contributed by atoms with E-state index in [9.17, 15) is 4.79 Å². The molecule has 0 radical (unpaired) electrons. The van der Waals surface area contributed by atoms with Crippen LogP contribution in [0.25, 0.3) is 0 Å². The van der Waals surface area contributed by atoms with Crippen molar-refractivity contribution >= 4 is 46.9 Å². The maximum atomic E-state index is 12.2. The second-order valence-corrected chi connectivity index (χ2v) is 7.48. The van der Waals surface area contributed by atoms with Gasteiger partial charge < -0.3 is 4.74 Å². The highest BCUT2D eigenvalue weighted by Gasteiger charge is 2.07. The summed E-state index contributed by atoms with van der Waals surface area (Å²) in [6.45, 7) is 2.14. The van der Waals surface area contributed by atoms with Crippen LogP contribution in [0, 0.1) is 6.92 Å². The quantitative estimate of drug-likeness (QED) is 0.356. The first-order valence-electron chi connectivity index (χ1n) is 8.69. The number of para-hydroxylation sites is 1. The van der Waals surface area contributed by atoms with Crippen molar-refractivity contribution in [2.45, 2.75) is 13.5 Å². The third kappa shape index (κ3) is 5.73. The molecule has 0 saturated heterocycles. The van der Waals surface area contributed by atoms with E-state index in [2.05, 4.69) is 10.5 Å². The van der Waals surface area contributed by atoms with Crippen molar-refractivity contribution < 1.29 is 9.53 Å². The molecule has 0 heterocycles. The van der Waals surface area contributed by atoms with Crippen LogP contribution in [0.2, 0.25) is 15.1 Å². The number of hydrazone groups is 1. The molecule has 0 spiro atoms. The van der Waals surface area contributed by atoms with Crippen LogP contribution in [0.3, 0.4) is 0 Å². The van der Waals surface area contributed by atoms with Crippen molar-refractivity contribution in [3.63, 3.8) is 0 Å². The molecule has 0 bridgehead atoms. The molecule has 3 aromatic rings. The van der Waals surface area contributed by atoms with Gasteiger partial charge in [0, 0.05) is 31.8 Å². The van der Waals surface area contributed by atoms with Gasteiger partial charge in [0.1, 0.15) is 12.4 Å². The number of benzene rings is 3. The van der Waals surface area contributed by atoms with Crippen molar-refractivity contribution in [3.05, 3.63) is 98.0 Å². The molecule has 0 aromatic heterocycles. The number of aryl methyl sites for hydroxylation is 1. The van der Waals surface area contributed by atoms with Gasteiger partial charge in [-0.2, -0.15) is 5.10 Å². The summed E-state index contributed by atoms with van der Waals surface area (Å²) in [7, 11) is 0. The highest BCUT2D eigenvalue weighted by Crippen LogP contribution is 2.24. The van der Waals surface area contributed by atoms with Crippen molar-refractivity contribution in [1.82, 2.24) is 5.43 Å². The number of nitrogens with zero attached hydrogens (tertiary/aromatic N) is 1. The number of ether oxygens (including phenoxy) is 1. The first-order valence-corrected chi connectivity index (χ1v) is 9.83. The monoisotopic (exact) mass is 446 g/mol. The maximum absolute atomic E-state index is 12.2. The fraction of sp³-hybridized carbons (Fsp3) is 0.0909. The molecular formula is C22H17Cl3N2O2. The van der Waals surface area contributed by atoms with Crippen molar-refractivity contribution in [2.24, 2.45) is 5.10 Å². The minimum absolute atomic E-state index is 0.273. The predicted octanol–water partition coefficient (Wildman–Crippen LogP) is 6.30. The summed E-state index contributed by atoms with van der Waals surface area (Å²) in [5.74, 6) is 0.254. The topological polar surface area (TPSA) is 50.7 Å². The van der Waals surface area contributed by atoms with E-state index in [1.165, 1.54) is 6.21 Å². The Morgan fingerprint density at radius 3 is 2.59 bits per heavy atom. The Morgan fingerprint density at radius 1 is 1.03 bits per heavy atom. The lowest BCUT2D eigenvalue weighted by atomic mass is 10.1. The smallest absolute Gasteiger partial charge is 0.271 e. The molecule has 0 aliphatic heterocycles. The summed E-state index contributed by atoms with van der Waals surface area (Å²) in [5.41, 5.74) is 5.34. The zero-order valence-electron chi connectivity index (χ0n) is 15.5. The summed E-state index contributed by atoms with van der Waals surface area (Å²) in [4.78, 5) is 12.2. The molecule has 7 heteroatoms. The molecule has 4 nitrogen and oxygen atoms in total. The Morgan fingerprint density at radius 2 is 1.83 bits per heavy atom. The van der Waals surface area contributed by atoms with Gasteiger partial charge in [0.05, 0.1) is 6.21 Å². The van der Waals surface area contributed by atoms with Crippen LogP contribution in [0.4, 0.5) is 0 Å². The SMILES string of the molecule is Cc1ccc(C(=O)N/N=C\c2ccccc2OCc2ccc(Cl)cc2Cl)cc1Cl. The van der Waals surface area contributed by atoms with Crippen LogP contribution in [-0.2, 0) is 6.61 Å². The van der Waals surface area contributed by atoms with Crippen molar-refractivity contribution in [1.29, 1.82) is 0 Å². The molecule has 0 atom stereocenters.